The van der Waals surface area contributed by atoms with Gasteiger partial charge in [-0.05, 0) is 60.7 Å². The smallest absolute Gasteiger partial charge is 0.224 e. The van der Waals surface area contributed by atoms with Gasteiger partial charge >= 0.3 is 0 Å². The molecule has 0 aliphatic heterocycles. The average Bonchev–Trinajstić information content (AvgIpc) is 3.08. The summed E-state index contributed by atoms with van der Waals surface area (Å²) in [6, 6.07) is 12.7. The highest BCUT2D eigenvalue weighted by Gasteiger charge is 2.15. The molecule has 5 nitrogen and oxygen atoms in total. The number of fused-ring (bicyclic) bond motifs is 1. The van der Waals surface area contributed by atoms with Crippen LogP contribution in [0.25, 0.3) is 0 Å². The molecule has 26 heavy (non-hydrogen) atoms. The van der Waals surface area contributed by atoms with Crippen LogP contribution >= 0.6 is 0 Å². The molecule has 5 heteroatoms. The van der Waals surface area contributed by atoms with Crippen LogP contribution in [0.15, 0.2) is 42.5 Å². The molecule has 2 amide bonds. The van der Waals surface area contributed by atoms with Crippen molar-refractivity contribution in [2.24, 2.45) is 0 Å². The second-order valence-corrected chi connectivity index (χ2v) is 6.57. The minimum atomic E-state index is -0.202. The quantitative estimate of drug-likeness (QED) is 0.780. The van der Waals surface area contributed by atoms with Crippen molar-refractivity contribution in [1.82, 2.24) is 0 Å². The van der Waals surface area contributed by atoms with Crippen LogP contribution in [0.1, 0.15) is 47.7 Å². The van der Waals surface area contributed by atoms with E-state index >= 15 is 0 Å². The van der Waals surface area contributed by atoms with Gasteiger partial charge in [0.2, 0.25) is 11.8 Å². The Morgan fingerprint density at radius 1 is 0.846 bits per heavy atom. The Kier molecular flexibility index (Phi) is 5.46. The van der Waals surface area contributed by atoms with E-state index in [9.17, 15) is 14.4 Å². The molecule has 1 aliphatic carbocycles. The van der Waals surface area contributed by atoms with Gasteiger partial charge in [0.15, 0.2) is 5.78 Å². The average molecular weight is 350 g/mol. The van der Waals surface area contributed by atoms with Gasteiger partial charge in [0, 0.05) is 36.7 Å². The summed E-state index contributed by atoms with van der Waals surface area (Å²) in [6.07, 6.45) is 3.60. The molecule has 0 unspecified atom stereocenters. The van der Waals surface area contributed by atoms with Gasteiger partial charge in [-0.25, -0.2) is 0 Å². The Labute approximate surface area is 152 Å². The number of Topliss-reactive ketones (excluding diaryl/α,β-unsaturated/α-hetero) is 1. The summed E-state index contributed by atoms with van der Waals surface area (Å²) >= 11 is 0. The van der Waals surface area contributed by atoms with Crippen LogP contribution in [-0.4, -0.2) is 17.6 Å². The minimum Gasteiger partial charge on any atom is -0.326 e. The molecule has 0 saturated carbocycles. The number of rotatable bonds is 6. The van der Waals surface area contributed by atoms with E-state index in [4.69, 9.17) is 0 Å². The molecule has 0 spiro atoms. The van der Waals surface area contributed by atoms with Crippen molar-refractivity contribution in [3.05, 3.63) is 59.2 Å². The van der Waals surface area contributed by atoms with E-state index in [1.165, 1.54) is 18.1 Å². The van der Waals surface area contributed by atoms with Crippen LogP contribution in [-0.2, 0) is 22.4 Å². The Morgan fingerprint density at radius 2 is 1.50 bits per heavy atom. The molecule has 134 valence electrons. The van der Waals surface area contributed by atoms with E-state index in [1.54, 1.807) is 24.3 Å². The van der Waals surface area contributed by atoms with Crippen molar-refractivity contribution in [1.29, 1.82) is 0 Å². The maximum absolute atomic E-state index is 12.3. The van der Waals surface area contributed by atoms with Gasteiger partial charge < -0.3 is 10.6 Å². The van der Waals surface area contributed by atoms with Crippen LogP contribution in [0, 0.1) is 0 Å². The topological polar surface area (TPSA) is 75.3 Å². The lowest BCUT2D eigenvalue weighted by Crippen LogP contribution is -2.13. The van der Waals surface area contributed by atoms with E-state index in [-0.39, 0.29) is 30.4 Å². The second-order valence-electron chi connectivity index (χ2n) is 6.57. The molecule has 0 radical (unpaired) electrons. The maximum Gasteiger partial charge on any atom is 0.224 e. The molecule has 2 aromatic carbocycles. The number of benzene rings is 2. The third-order valence-corrected chi connectivity index (χ3v) is 4.49. The first-order valence-electron chi connectivity index (χ1n) is 8.84. The summed E-state index contributed by atoms with van der Waals surface area (Å²) < 4.78 is 0. The normalized spacial score (nSPS) is 12.3. The molecule has 2 aromatic rings. The van der Waals surface area contributed by atoms with Gasteiger partial charge in [-0.15, -0.1) is 0 Å². The molecule has 0 bridgehead atoms. The van der Waals surface area contributed by atoms with E-state index < -0.39 is 0 Å². The number of ketones is 1. The third-order valence-electron chi connectivity index (χ3n) is 4.49. The molecule has 0 fully saturated rings. The largest absolute Gasteiger partial charge is 0.326 e. The first-order valence-corrected chi connectivity index (χ1v) is 8.84. The summed E-state index contributed by atoms with van der Waals surface area (Å²) in [5.74, 6) is -0.352. The fourth-order valence-corrected chi connectivity index (χ4v) is 3.18. The molecular formula is C21H22N2O3. The molecule has 0 heterocycles. The van der Waals surface area contributed by atoms with Gasteiger partial charge in [0.05, 0.1) is 0 Å². The molecule has 1 aliphatic rings. The molecule has 0 aromatic heterocycles. The summed E-state index contributed by atoms with van der Waals surface area (Å²) in [4.78, 5) is 35.4. The van der Waals surface area contributed by atoms with Crippen molar-refractivity contribution in [3.63, 3.8) is 0 Å². The van der Waals surface area contributed by atoms with Crippen molar-refractivity contribution in [3.8, 4) is 0 Å². The minimum absolute atomic E-state index is 0.00384. The maximum atomic E-state index is 12.3. The second kappa shape index (κ2) is 7.95. The standard InChI is InChI=1S/C21H22N2O3/c1-14(24)22-18-7-9-19(10-8-18)23-21(26)12-11-20(25)17-6-5-15-3-2-4-16(15)13-17/h5-10,13H,2-4,11-12H2,1H3,(H,22,24)(H,23,26). The zero-order valence-corrected chi connectivity index (χ0v) is 14.8. The third kappa shape index (κ3) is 4.57. The molecule has 0 saturated heterocycles. The van der Waals surface area contributed by atoms with Crippen LogP contribution in [0.4, 0.5) is 11.4 Å². The lowest BCUT2D eigenvalue weighted by Gasteiger charge is -2.07. The number of amides is 2. The first-order chi connectivity index (χ1) is 12.5. The van der Waals surface area contributed by atoms with Crippen LogP contribution in [0.2, 0.25) is 0 Å². The van der Waals surface area contributed by atoms with Gasteiger partial charge in [-0.1, -0.05) is 12.1 Å². The fraction of sp³-hybridized carbons (Fsp3) is 0.286. The van der Waals surface area contributed by atoms with Crippen molar-refractivity contribution in [2.45, 2.75) is 39.0 Å². The lowest BCUT2D eigenvalue weighted by atomic mass is 10.0. The molecule has 3 rings (SSSR count). The SMILES string of the molecule is CC(=O)Nc1ccc(NC(=O)CCC(=O)c2ccc3c(c2)CCC3)cc1. The Hall–Kier alpha value is -2.95. The van der Waals surface area contributed by atoms with Crippen LogP contribution in [0.5, 0.6) is 0 Å². The highest BCUT2D eigenvalue weighted by Crippen LogP contribution is 2.23. The Balaban J connectivity index is 1.50. The van der Waals surface area contributed by atoms with Crippen LogP contribution < -0.4 is 10.6 Å². The van der Waals surface area contributed by atoms with Gasteiger partial charge in [-0.2, -0.15) is 0 Å². The number of carbonyl (C=O) groups is 3. The van der Waals surface area contributed by atoms with Gasteiger partial charge in [0.25, 0.3) is 0 Å². The van der Waals surface area contributed by atoms with E-state index in [0.717, 1.165) is 19.3 Å². The van der Waals surface area contributed by atoms with Gasteiger partial charge in [0.1, 0.15) is 0 Å². The van der Waals surface area contributed by atoms with E-state index in [0.29, 0.717) is 16.9 Å². The zero-order chi connectivity index (χ0) is 18.5. The van der Waals surface area contributed by atoms with Crippen molar-refractivity contribution < 1.29 is 14.4 Å². The molecule has 2 N–H and O–H groups in total. The number of nitrogens with one attached hydrogen (secondary N) is 2. The summed E-state index contributed by atoms with van der Waals surface area (Å²) in [7, 11) is 0. The number of aryl methyl sites for hydroxylation is 2. The number of anilines is 2. The number of hydrogen-bond acceptors (Lipinski definition) is 3. The first kappa shape index (κ1) is 17.9. The summed E-state index contributed by atoms with van der Waals surface area (Å²) in [5.41, 5.74) is 4.59. The Bertz CT molecular complexity index is 841. The predicted octanol–water partition coefficient (Wildman–Crippen LogP) is 3.74. The van der Waals surface area contributed by atoms with Crippen molar-refractivity contribution in [2.75, 3.05) is 10.6 Å². The lowest BCUT2D eigenvalue weighted by molar-refractivity contribution is -0.116. The zero-order valence-electron chi connectivity index (χ0n) is 14.8. The van der Waals surface area contributed by atoms with Crippen molar-refractivity contribution >= 4 is 29.0 Å². The summed E-state index contributed by atoms with van der Waals surface area (Å²) in [5, 5.41) is 5.43. The fourth-order valence-electron chi connectivity index (χ4n) is 3.18. The van der Waals surface area contributed by atoms with E-state index in [1.807, 2.05) is 18.2 Å². The highest BCUT2D eigenvalue weighted by molar-refractivity contribution is 6.00. The number of hydrogen-bond donors (Lipinski definition) is 2. The van der Waals surface area contributed by atoms with E-state index in [2.05, 4.69) is 10.6 Å². The molecule has 0 atom stereocenters. The van der Waals surface area contributed by atoms with Crippen LogP contribution in [0.3, 0.4) is 0 Å². The highest BCUT2D eigenvalue weighted by atomic mass is 16.2. The summed E-state index contributed by atoms with van der Waals surface area (Å²) in [6.45, 7) is 1.44. The Morgan fingerprint density at radius 3 is 2.19 bits per heavy atom. The monoisotopic (exact) mass is 350 g/mol. The number of carbonyl (C=O) groups excluding carboxylic acids is 3. The predicted molar refractivity (Wildman–Crippen MR) is 101 cm³/mol. The van der Waals surface area contributed by atoms with Gasteiger partial charge in [-0.3, -0.25) is 14.4 Å². The molecular weight excluding hydrogens is 328 g/mol.